The first-order valence-electron chi connectivity index (χ1n) is 6.54. The molecule has 0 radical (unpaired) electrons. The fourth-order valence-electron chi connectivity index (χ4n) is 1.59. The average Bonchev–Trinajstić information content (AvgIpc) is 2.78. The predicted octanol–water partition coefficient (Wildman–Crippen LogP) is 1.43. The molecule has 0 aliphatic heterocycles. The van der Waals surface area contributed by atoms with Crippen molar-refractivity contribution in [3.8, 4) is 0 Å². The largest absolute Gasteiger partial charge is 0.382 e. The first kappa shape index (κ1) is 15.1. The van der Waals surface area contributed by atoms with Crippen LogP contribution in [-0.4, -0.2) is 42.5 Å². The zero-order valence-electron chi connectivity index (χ0n) is 11.7. The van der Waals surface area contributed by atoms with Crippen molar-refractivity contribution in [1.29, 1.82) is 0 Å². The topological polar surface area (TPSA) is 48.3 Å². The number of methoxy groups -OCH3 is 1. The van der Waals surface area contributed by atoms with Crippen LogP contribution in [0.25, 0.3) is 0 Å². The lowest BCUT2D eigenvalue weighted by Crippen LogP contribution is -2.24. The second-order valence-electron chi connectivity index (χ2n) is 4.53. The Morgan fingerprint density at radius 2 is 2.17 bits per heavy atom. The SMILES string of the molecule is COCCOCCCn1ccnc1CNC(C)C. The summed E-state index contributed by atoms with van der Waals surface area (Å²) < 4.78 is 12.5. The number of hydrogen-bond acceptors (Lipinski definition) is 4. The van der Waals surface area contributed by atoms with E-state index in [0.717, 1.165) is 31.9 Å². The van der Waals surface area contributed by atoms with E-state index in [-0.39, 0.29) is 0 Å². The van der Waals surface area contributed by atoms with E-state index < -0.39 is 0 Å². The molecule has 0 atom stereocenters. The Kier molecular flexibility index (Phi) is 7.64. The van der Waals surface area contributed by atoms with Crippen LogP contribution < -0.4 is 5.32 Å². The monoisotopic (exact) mass is 255 g/mol. The molecule has 1 N–H and O–H groups in total. The normalized spacial score (nSPS) is 11.3. The van der Waals surface area contributed by atoms with Crippen LogP contribution in [0.3, 0.4) is 0 Å². The van der Waals surface area contributed by atoms with Crippen molar-refractivity contribution in [2.24, 2.45) is 0 Å². The lowest BCUT2D eigenvalue weighted by atomic mass is 10.4. The minimum absolute atomic E-state index is 0.479. The molecule has 0 aromatic carbocycles. The van der Waals surface area contributed by atoms with Gasteiger partial charge in [-0.25, -0.2) is 4.98 Å². The Hall–Kier alpha value is -0.910. The predicted molar refractivity (Wildman–Crippen MR) is 71.5 cm³/mol. The lowest BCUT2D eigenvalue weighted by Gasteiger charge is -2.11. The summed E-state index contributed by atoms with van der Waals surface area (Å²) in [7, 11) is 1.68. The zero-order valence-corrected chi connectivity index (χ0v) is 11.7. The average molecular weight is 255 g/mol. The smallest absolute Gasteiger partial charge is 0.122 e. The first-order valence-corrected chi connectivity index (χ1v) is 6.54. The summed E-state index contributed by atoms with van der Waals surface area (Å²) in [4.78, 5) is 4.36. The molecule has 0 saturated carbocycles. The number of ether oxygens (including phenoxy) is 2. The van der Waals surface area contributed by atoms with Gasteiger partial charge in [0.2, 0.25) is 0 Å². The van der Waals surface area contributed by atoms with Gasteiger partial charge in [0.05, 0.1) is 19.8 Å². The Bertz CT molecular complexity index is 313. The molecule has 0 spiro atoms. The standard InChI is InChI=1S/C13H25N3O2/c1-12(2)15-11-13-14-5-7-16(13)6-4-8-18-10-9-17-3/h5,7,12,15H,4,6,8-11H2,1-3H3. The maximum Gasteiger partial charge on any atom is 0.122 e. The molecule has 0 unspecified atom stereocenters. The van der Waals surface area contributed by atoms with E-state index in [4.69, 9.17) is 9.47 Å². The Labute approximate surface area is 109 Å². The van der Waals surface area contributed by atoms with Gasteiger partial charge >= 0.3 is 0 Å². The van der Waals surface area contributed by atoms with Crippen LogP contribution in [0.5, 0.6) is 0 Å². The van der Waals surface area contributed by atoms with Crippen LogP contribution in [0, 0.1) is 0 Å². The first-order chi connectivity index (χ1) is 8.74. The van der Waals surface area contributed by atoms with Gasteiger partial charge in [-0.1, -0.05) is 13.8 Å². The highest BCUT2D eigenvalue weighted by Crippen LogP contribution is 2.00. The third kappa shape index (κ3) is 6.14. The molecule has 1 rings (SSSR count). The molecule has 0 amide bonds. The second-order valence-corrected chi connectivity index (χ2v) is 4.53. The molecule has 5 nitrogen and oxygen atoms in total. The quantitative estimate of drug-likeness (QED) is 0.643. The summed E-state index contributed by atoms with van der Waals surface area (Å²) in [6, 6.07) is 0.479. The van der Waals surface area contributed by atoms with Gasteiger partial charge in [0.15, 0.2) is 0 Å². The summed E-state index contributed by atoms with van der Waals surface area (Å²) in [5.41, 5.74) is 0. The van der Waals surface area contributed by atoms with Crippen molar-refractivity contribution in [1.82, 2.24) is 14.9 Å². The maximum atomic E-state index is 5.44. The summed E-state index contributed by atoms with van der Waals surface area (Å²) in [6.45, 7) is 8.13. The van der Waals surface area contributed by atoms with Crippen molar-refractivity contribution in [3.05, 3.63) is 18.2 Å². The molecule has 18 heavy (non-hydrogen) atoms. The number of nitrogens with zero attached hydrogens (tertiary/aromatic N) is 2. The van der Waals surface area contributed by atoms with E-state index in [1.165, 1.54) is 0 Å². The van der Waals surface area contributed by atoms with Gasteiger partial charge in [-0.15, -0.1) is 0 Å². The lowest BCUT2D eigenvalue weighted by molar-refractivity contribution is 0.0679. The number of aryl methyl sites for hydroxylation is 1. The van der Waals surface area contributed by atoms with Crippen LogP contribution >= 0.6 is 0 Å². The Balaban J connectivity index is 2.19. The van der Waals surface area contributed by atoms with E-state index in [0.29, 0.717) is 19.3 Å². The van der Waals surface area contributed by atoms with E-state index >= 15 is 0 Å². The molecule has 0 aliphatic rings. The second kappa shape index (κ2) is 9.08. The molecule has 1 heterocycles. The number of aromatic nitrogens is 2. The highest BCUT2D eigenvalue weighted by atomic mass is 16.5. The fourth-order valence-corrected chi connectivity index (χ4v) is 1.59. The van der Waals surface area contributed by atoms with Crippen LogP contribution in [0.4, 0.5) is 0 Å². The molecular formula is C13H25N3O2. The van der Waals surface area contributed by atoms with Crippen molar-refractivity contribution in [2.45, 2.75) is 39.4 Å². The van der Waals surface area contributed by atoms with Crippen molar-refractivity contribution in [2.75, 3.05) is 26.9 Å². The highest BCUT2D eigenvalue weighted by molar-refractivity contribution is 4.92. The fraction of sp³-hybridized carbons (Fsp3) is 0.769. The van der Waals surface area contributed by atoms with Crippen LogP contribution in [-0.2, 0) is 22.6 Å². The van der Waals surface area contributed by atoms with Crippen molar-refractivity contribution < 1.29 is 9.47 Å². The van der Waals surface area contributed by atoms with Crippen molar-refractivity contribution >= 4 is 0 Å². The Morgan fingerprint density at radius 3 is 2.89 bits per heavy atom. The third-order valence-corrected chi connectivity index (χ3v) is 2.59. The molecular weight excluding hydrogens is 230 g/mol. The molecule has 0 saturated heterocycles. The molecule has 0 bridgehead atoms. The van der Waals surface area contributed by atoms with Gasteiger partial charge in [0, 0.05) is 38.7 Å². The van der Waals surface area contributed by atoms with Crippen LogP contribution in [0.15, 0.2) is 12.4 Å². The minimum Gasteiger partial charge on any atom is -0.382 e. The molecule has 104 valence electrons. The van der Waals surface area contributed by atoms with Gasteiger partial charge in [-0.05, 0) is 6.42 Å². The van der Waals surface area contributed by atoms with Gasteiger partial charge in [-0.2, -0.15) is 0 Å². The van der Waals surface area contributed by atoms with E-state index in [2.05, 4.69) is 28.7 Å². The Morgan fingerprint density at radius 1 is 1.33 bits per heavy atom. The number of nitrogens with one attached hydrogen (secondary N) is 1. The summed E-state index contributed by atoms with van der Waals surface area (Å²) >= 11 is 0. The van der Waals surface area contributed by atoms with E-state index in [9.17, 15) is 0 Å². The van der Waals surface area contributed by atoms with Gasteiger partial charge in [0.1, 0.15) is 5.82 Å². The number of rotatable bonds is 10. The van der Waals surface area contributed by atoms with Gasteiger partial charge in [0.25, 0.3) is 0 Å². The van der Waals surface area contributed by atoms with Gasteiger partial charge < -0.3 is 19.4 Å². The molecule has 0 aliphatic carbocycles. The third-order valence-electron chi connectivity index (χ3n) is 2.59. The van der Waals surface area contributed by atoms with Crippen LogP contribution in [0.1, 0.15) is 26.1 Å². The molecule has 1 aromatic rings. The van der Waals surface area contributed by atoms with E-state index in [1.807, 2.05) is 12.4 Å². The maximum absolute atomic E-state index is 5.44. The number of hydrogen-bond donors (Lipinski definition) is 1. The highest BCUT2D eigenvalue weighted by Gasteiger charge is 2.03. The van der Waals surface area contributed by atoms with E-state index in [1.54, 1.807) is 7.11 Å². The zero-order chi connectivity index (χ0) is 13.2. The molecule has 1 aromatic heterocycles. The van der Waals surface area contributed by atoms with Gasteiger partial charge in [-0.3, -0.25) is 0 Å². The van der Waals surface area contributed by atoms with Crippen LogP contribution in [0.2, 0.25) is 0 Å². The summed E-state index contributed by atoms with van der Waals surface area (Å²) in [5, 5.41) is 3.38. The van der Waals surface area contributed by atoms with Crippen molar-refractivity contribution in [3.63, 3.8) is 0 Å². The summed E-state index contributed by atoms with van der Waals surface area (Å²) in [5.74, 6) is 1.08. The number of imidazole rings is 1. The summed E-state index contributed by atoms with van der Waals surface area (Å²) in [6.07, 6.45) is 4.87. The molecule has 0 fully saturated rings. The molecule has 5 heteroatoms. The minimum atomic E-state index is 0.479.